The summed E-state index contributed by atoms with van der Waals surface area (Å²) in [7, 11) is 0. The van der Waals surface area contributed by atoms with Gasteiger partial charge in [0.05, 0.1) is 40.0 Å². The lowest BCUT2D eigenvalue weighted by Crippen LogP contribution is -2.05. The molecule has 0 saturated heterocycles. The Morgan fingerprint density at radius 2 is 0.620 bits per heavy atom. The molecule has 71 heavy (non-hydrogen) atoms. The Bertz CT molecular complexity index is 3830. The molecule has 0 N–H and O–H groups in total. The van der Waals surface area contributed by atoms with E-state index in [-0.39, 0.29) is 0 Å². The first-order chi connectivity index (χ1) is 35.1. The number of aromatic nitrogens is 7. The van der Waals surface area contributed by atoms with Crippen LogP contribution in [-0.4, -0.2) is 34.5 Å². The molecule has 0 atom stereocenters. The van der Waals surface area contributed by atoms with Crippen molar-refractivity contribution in [3.63, 3.8) is 0 Å². The van der Waals surface area contributed by atoms with E-state index < -0.39 is 0 Å². The van der Waals surface area contributed by atoms with Crippen LogP contribution in [0.25, 0.3) is 118 Å². The Kier molecular flexibility index (Phi) is 10.8. The fourth-order valence-electron chi connectivity index (χ4n) is 9.19. The number of fused-ring (bicyclic) bond motifs is 3. The van der Waals surface area contributed by atoms with Gasteiger partial charge in [0.1, 0.15) is 0 Å². The van der Waals surface area contributed by atoms with Crippen molar-refractivity contribution in [2.24, 2.45) is 0 Å². The number of hydrogen-bond acceptors (Lipinski definition) is 8. The minimum atomic E-state index is 0.433. The van der Waals surface area contributed by atoms with Gasteiger partial charge in [0.2, 0.25) is 0 Å². The number of benzene rings is 9. The van der Waals surface area contributed by atoms with Crippen molar-refractivity contribution < 1.29 is 0 Å². The lowest BCUT2D eigenvalue weighted by Gasteiger charge is -2.17. The van der Waals surface area contributed by atoms with Crippen molar-refractivity contribution in [3.8, 4) is 108 Å². The molecule has 0 radical (unpaired) electrons. The fourth-order valence-corrected chi connectivity index (χ4v) is 9.19. The third-order valence-corrected chi connectivity index (χ3v) is 12.6. The van der Waals surface area contributed by atoms with E-state index in [2.05, 4.69) is 65.2 Å². The van der Waals surface area contributed by atoms with Crippen LogP contribution in [0, 0.1) is 22.7 Å². The van der Waals surface area contributed by atoms with Crippen LogP contribution in [0.1, 0.15) is 11.1 Å². The number of nitrogens with zero attached hydrogens (tertiary/aromatic N) is 9. The summed E-state index contributed by atoms with van der Waals surface area (Å²) in [4.78, 5) is 31.0. The maximum atomic E-state index is 10.3. The molecule has 3 heterocycles. The van der Waals surface area contributed by atoms with Gasteiger partial charge in [-0.2, -0.15) is 10.5 Å². The molecule has 12 aromatic rings. The highest BCUT2D eigenvalue weighted by Crippen LogP contribution is 2.41. The molecule has 0 amide bonds. The maximum absolute atomic E-state index is 10.3. The van der Waals surface area contributed by atoms with E-state index >= 15 is 0 Å². The van der Waals surface area contributed by atoms with Crippen LogP contribution in [0.5, 0.6) is 0 Å². The smallest absolute Gasteiger partial charge is 0.166 e. The van der Waals surface area contributed by atoms with Crippen LogP contribution < -0.4 is 0 Å². The van der Waals surface area contributed by atoms with Gasteiger partial charge in [-0.3, -0.25) is 0 Å². The topological polar surface area (TPSA) is 130 Å². The van der Waals surface area contributed by atoms with E-state index in [9.17, 15) is 10.5 Å². The summed E-state index contributed by atoms with van der Waals surface area (Å²) in [5.74, 6) is 3.00. The molecular formula is C62H37N9. The van der Waals surface area contributed by atoms with Gasteiger partial charge < -0.3 is 4.57 Å². The number of hydrogen-bond donors (Lipinski definition) is 0. The Balaban J connectivity index is 1.19. The summed E-state index contributed by atoms with van der Waals surface area (Å²) in [6.07, 6.45) is 0. The van der Waals surface area contributed by atoms with Crippen molar-refractivity contribution in [3.05, 3.63) is 236 Å². The molecule has 0 fully saturated rings. The fraction of sp³-hybridized carbons (Fsp3) is 0. The van der Waals surface area contributed by atoms with Crippen LogP contribution in [0.2, 0.25) is 0 Å². The molecule has 3 aromatic heterocycles. The molecule has 0 unspecified atom stereocenters. The third-order valence-electron chi connectivity index (χ3n) is 12.6. The van der Waals surface area contributed by atoms with Gasteiger partial charge in [-0.1, -0.05) is 182 Å². The van der Waals surface area contributed by atoms with E-state index in [0.717, 1.165) is 77.6 Å². The van der Waals surface area contributed by atoms with Crippen molar-refractivity contribution in [1.29, 1.82) is 10.5 Å². The molecule has 0 aliphatic rings. The van der Waals surface area contributed by atoms with Crippen LogP contribution in [0.4, 0.5) is 0 Å². The van der Waals surface area contributed by atoms with Gasteiger partial charge in [0.15, 0.2) is 34.9 Å². The standard InChI is InChI=1S/C62H37N9/c63-38-47-25-13-15-27-49(47)44-29-32-51-52-33-30-45(50-28-16-14-26-48(50)39-64)37-56(52)71(55(51)36-44)54-34-31-46(61-67-57(40-17-5-1-6-18-40)65-58(68-61)41-19-7-2-8-20-41)35-53(54)62-69-59(42-21-9-3-10-22-42)66-60(70-62)43-23-11-4-12-24-43/h1-37H. The van der Waals surface area contributed by atoms with Gasteiger partial charge in [0, 0.05) is 44.2 Å². The zero-order chi connectivity index (χ0) is 47.7. The SMILES string of the molecule is N#Cc1ccccc1-c1ccc2c3ccc(-c4ccccc4C#N)cc3n(-c3ccc(-c4nc(-c5ccccc5)nc(-c5ccccc5)n4)cc3-c3nc(-c4ccccc4)nc(-c4ccccc4)n3)c2c1. The van der Waals surface area contributed by atoms with Crippen molar-refractivity contribution in [2.75, 3.05) is 0 Å². The average molecular weight is 908 g/mol. The van der Waals surface area contributed by atoms with Gasteiger partial charge >= 0.3 is 0 Å². The van der Waals surface area contributed by atoms with Gasteiger partial charge in [-0.05, 0) is 64.7 Å². The monoisotopic (exact) mass is 907 g/mol. The molecule has 9 nitrogen and oxygen atoms in total. The van der Waals surface area contributed by atoms with E-state index in [1.807, 2.05) is 176 Å². The summed E-state index contributed by atoms with van der Waals surface area (Å²) >= 11 is 0. The second-order valence-electron chi connectivity index (χ2n) is 16.9. The van der Waals surface area contributed by atoms with Crippen LogP contribution in [0.3, 0.4) is 0 Å². The van der Waals surface area contributed by atoms with E-state index in [4.69, 9.17) is 29.9 Å². The molecule has 0 spiro atoms. The van der Waals surface area contributed by atoms with Gasteiger partial charge in [-0.25, -0.2) is 29.9 Å². The quantitative estimate of drug-likeness (QED) is 0.140. The number of rotatable bonds is 9. The zero-order valence-electron chi connectivity index (χ0n) is 37.9. The van der Waals surface area contributed by atoms with E-state index in [1.165, 1.54) is 0 Å². The predicted molar refractivity (Wildman–Crippen MR) is 280 cm³/mol. The summed E-state index contributed by atoms with van der Waals surface area (Å²) < 4.78 is 2.24. The molecule has 0 aliphatic carbocycles. The highest BCUT2D eigenvalue weighted by Gasteiger charge is 2.23. The predicted octanol–water partition coefficient (Wildman–Crippen LogP) is 14.2. The molecule has 9 heteroatoms. The second-order valence-corrected chi connectivity index (χ2v) is 16.9. The minimum Gasteiger partial charge on any atom is -0.308 e. The Morgan fingerprint density at radius 1 is 0.282 bits per heavy atom. The normalized spacial score (nSPS) is 11.1. The van der Waals surface area contributed by atoms with Crippen molar-refractivity contribution in [1.82, 2.24) is 34.5 Å². The van der Waals surface area contributed by atoms with E-state index in [0.29, 0.717) is 51.6 Å². The van der Waals surface area contributed by atoms with E-state index in [1.54, 1.807) is 0 Å². The molecule has 0 bridgehead atoms. The second kappa shape index (κ2) is 18.1. The molecule has 0 saturated carbocycles. The Hall–Kier alpha value is -10.2. The summed E-state index contributed by atoms with van der Waals surface area (Å²) in [6, 6.07) is 78.7. The summed E-state index contributed by atoms with van der Waals surface area (Å²) in [5, 5.41) is 22.5. The number of nitriles is 2. The lowest BCUT2D eigenvalue weighted by atomic mass is 9.98. The maximum Gasteiger partial charge on any atom is 0.166 e. The van der Waals surface area contributed by atoms with Crippen molar-refractivity contribution >= 4 is 21.8 Å². The zero-order valence-corrected chi connectivity index (χ0v) is 37.9. The average Bonchev–Trinajstić information content (AvgIpc) is 3.78. The Labute approximate surface area is 409 Å². The Morgan fingerprint density at radius 3 is 1.01 bits per heavy atom. The van der Waals surface area contributed by atoms with Gasteiger partial charge in [0.25, 0.3) is 0 Å². The van der Waals surface area contributed by atoms with Crippen LogP contribution >= 0.6 is 0 Å². The third kappa shape index (κ3) is 7.92. The van der Waals surface area contributed by atoms with Crippen LogP contribution in [-0.2, 0) is 0 Å². The lowest BCUT2D eigenvalue weighted by molar-refractivity contribution is 1.06. The highest BCUT2D eigenvalue weighted by atomic mass is 15.1. The first-order valence-electron chi connectivity index (χ1n) is 23.1. The molecule has 12 rings (SSSR count). The summed E-state index contributed by atoms with van der Waals surface area (Å²) in [6.45, 7) is 0. The first-order valence-corrected chi connectivity index (χ1v) is 23.1. The van der Waals surface area contributed by atoms with Crippen molar-refractivity contribution in [2.45, 2.75) is 0 Å². The minimum absolute atomic E-state index is 0.433. The molecule has 9 aromatic carbocycles. The largest absolute Gasteiger partial charge is 0.308 e. The summed E-state index contributed by atoms with van der Waals surface area (Å²) in [5.41, 5.74) is 11.9. The first kappa shape index (κ1) is 42.2. The highest BCUT2D eigenvalue weighted by molar-refractivity contribution is 6.12. The van der Waals surface area contributed by atoms with Crippen LogP contribution in [0.15, 0.2) is 224 Å². The molecular weight excluding hydrogens is 871 g/mol. The molecule has 0 aliphatic heterocycles. The molecule has 330 valence electrons. The van der Waals surface area contributed by atoms with Gasteiger partial charge in [-0.15, -0.1) is 0 Å².